The van der Waals surface area contributed by atoms with E-state index in [0.717, 1.165) is 25.9 Å². The molecule has 0 aromatic heterocycles. The van der Waals surface area contributed by atoms with Gasteiger partial charge in [0.15, 0.2) is 0 Å². The van der Waals surface area contributed by atoms with Crippen molar-refractivity contribution in [1.82, 2.24) is 0 Å². The second-order valence-electron chi connectivity index (χ2n) is 4.48. The minimum Gasteiger partial charge on any atom is -0.498 e. The molecule has 0 fully saturated rings. The zero-order valence-corrected chi connectivity index (χ0v) is 10.3. The molecule has 0 spiro atoms. The van der Waals surface area contributed by atoms with Crippen molar-refractivity contribution in [2.75, 3.05) is 6.61 Å². The molecule has 0 atom stereocenters. The fourth-order valence-corrected chi connectivity index (χ4v) is 2.08. The monoisotopic (exact) mass is 228 g/mol. The van der Waals surface area contributed by atoms with Crippen LogP contribution in [0, 0.1) is 0 Å². The van der Waals surface area contributed by atoms with Gasteiger partial charge in [0.2, 0.25) is 0 Å². The van der Waals surface area contributed by atoms with Crippen LogP contribution in [0.25, 0.3) is 5.57 Å². The van der Waals surface area contributed by atoms with E-state index in [-0.39, 0.29) is 0 Å². The molecule has 1 aliphatic rings. The molecule has 1 aromatic carbocycles. The number of hydrogen-bond acceptors (Lipinski definition) is 1. The number of ether oxygens (including phenoxy) is 1. The van der Waals surface area contributed by atoms with Crippen LogP contribution in [0.2, 0.25) is 0 Å². The molecule has 1 aliphatic heterocycles. The van der Waals surface area contributed by atoms with E-state index in [1.165, 1.54) is 29.7 Å². The SMILES string of the molecule is C=C(CCCC1=CCCCO1)c1ccccc1. The zero-order chi connectivity index (χ0) is 11.9. The Balaban J connectivity index is 1.75. The molecule has 17 heavy (non-hydrogen) atoms. The lowest BCUT2D eigenvalue weighted by atomic mass is 10.0. The number of benzene rings is 1. The third-order valence-corrected chi connectivity index (χ3v) is 3.09. The Morgan fingerprint density at radius 3 is 2.76 bits per heavy atom. The summed E-state index contributed by atoms with van der Waals surface area (Å²) in [5.41, 5.74) is 2.48. The molecule has 0 saturated carbocycles. The van der Waals surface area contributed by atoms with Crippen LogP contribution in [0.15, 0.2) is 48.7 Å². The minimum atomic E-state index is 0.894. The van der Waals surface area contributed by atoms with Gasteiger partial charge in [-0.25, -0.2) is 0 Å². The highest BCUT2D eigenvalue weighted by molar-refractivity contribution is 5.62. The van der Waals surface area contributed by atoms with Gasteiger partial charge >= 0.3 is 0 Å². The van der Waals surface area contributed by atoms with Gasteiger partial charge in [-0.1, -0.05) is 36.9 Å². The Bertz CT molecular complexity index is 389. The largest absolute Gasteiger partial charge is 0.498 e. The molecule has 0 unspecified atom stereocenters. The maximum Gasteiger partial charge on any atom is 0.0920 e. The number of rotatable bonds is 5. The van der Waals surface area contributed by atoms with Crippen molar-refractivity contribution < 1.29 is 4.74 Å². The van der Waals surface area contributed by atoms with Crippen LogP contribution in [-0.4, -0.2) is 6.61 Å². The van der Waals surface area contributed by atoms with Crippen LogP contribution in [0.5, 0.6) is 0 Å². The first-order valence-electron chi connectivity index (χ1n) is 6.41. The molecule has 1 aromatic rings. The first-order valence-corrected chi connectivity index (χ1v) is 6.41. The van der Waals surface area contributed by atoms with Crippen molar-refractivity contribution >= 4 is 5.57 Å². The lowest BCUT2D eigenvalue weighted by Crippen LogP contribution is -2.00. The van der Waals surface area contributed by atoms with E-state index in [1.54, 1.807) is 0 Å². The molecule has 1 heteroatoms. The lowest BCUT2D eigenvalue weighted by Gasteiger charge is -2.15. The molecule has 0 amide bonds. The van der Waals surface area contributed by atoms with E-state index < -0.39 is 0 Å². The number of allylic oxidation sites excluding steroid dienone is 3. The third kappa shape index (κ3) is 3.77. The van der Waals surface area contributed by atoms with Gasteiger partial charge in [0, 0.05) is 6.42 Å². The first-order chi connectivity index (χ1) is 8.36. The van der Waals surface area contributed by atoms with Crippen molar-refractivity contribution in [3.05, 3.63) is 54.3 Å². The first kappa shape index (κ1) is 12.0. The Morgan fingerprint density at radius 2 is 2.06 bits per heavy atom. The summed E-state index contributed by atoms with van der Waals surface area (Å²) in [6.45, 7) is 5.04. The summed E-state index contributed by atoms with van der Waals surface area (Å²) in [4.78, 5) is 0. The maximum absolute atomic E-state index is 5.60. The zero-order valence-electron chi connectivity index (χ0n) is 10.3. The molecule has 0 saturated heterocycles. The van der Waals surface area contributed by atoms with E-state index in [0.29, 0.717) is 0 Å². The second kappa shape index (κ2) is 6.29. The summed E-state index contributed by atoms with van der Waals surface area (Å²) in [5, 5.41) is 0. The standard InChI is InChI=1S/C16H20O/c1-14(15-9-3-2-4-10-15)8-7-12-16-11-5-6-13-17-16/h2-4,9-11H,1,5-8,12-13H2. The molecular formula is C16H20O. The highest BCUT2D eigenvalue weighted by atomic mass is 16.5. The van der Waals surface area contributed by atoms with Gasteiger partial charge in [-0.2, -0.15) is 0 Å². The van der Waals surface area contributed by atoms with Crippen molar-refractivity contribution in [3.63, 3.8) is 0 Å². The average molecular weight is 228 g/mol. The van der Waals surface area contributed by atoms with Crippen molar-refractivity contribution in [2.45, 2.75) is 32.1 Å². The van der Waals surface area contributed by atoms with Gasteiger partial charge in [0.05, 0.1) is 12.4 Å². The summed E-state index contributed by atoms with van der Waals surface area (Å²) < 4.78 is 5.60. The van der Waals surface area contributed by atoms with E-state index in [1.807, 2.05) is 6.07 Å². The molecule has 1 heterocycles. The summed E-state index contributed by atoms with van der Waals surface area (Å²) in [6, 6.07) is 10.4. The third-order valence-electron chi connectivity index (χ3n) is 3.09. The van der Waals surface area contributed by atoms with Crippen molar-refractivity contribution in [1.29, 1.82) is 0 Å². The Morgan fingerprint density at radius 1 is 1.24 bits per heavy atom. The molecular weight excluding hydrogens is 208 g/mol. The smallest absolute Gasteiger partial charge is 0.0920 e. The van der Waals surface area contributed by atoms with Crippen LogP contribution in [-0.2, 0) is 4.74 Å². The second-order valence-corrected chi connectivity index (χ2v) is 4.48. The fraction of sp³-hybridized carbons (Fsp3) is 0.375. The van der Waals surface area contributed by atoms with Gasteiger partial charge in [-0.05, 0) is 42.9 Å². The Kier molecular flexibility index (Phi) is 4.43. The normalized spacial score (nSPS) is 14.9. The average Bonchev–Trinajstić information content (AvgIpc) is 2.41. The molecule has 2 rings (SSSR count). The lowest BCUT2D eigenvalue weighted by molar-refractivity contribution is 0.183. The molecule has 0 bridgehead atoms. The van der Waals surface area contributed by atoms with Crippen LogP contribution in [0.4, 0.5) is 0 Å². The Hall–Kier alpha value is -1.50. The molecule has 0 radical (unpaired) electrons. The minimum absolute atomic E-state index is 0.894. The summed E-state index contributed by atoms with van der Waals surface area (Å²) in [5.74, 6) is 1.18. The maximum atomic E-state index is 5.60. The number of hydrogen-bond donors (Lipinski definition) is 0. The van der Waals surface area contributed by atoms with Crippen LogP contribution >= 0.6 is 0 Å². The molecule has 0 N–H and O–H groups in total. The quantitative estimate of drug-likeness (QED) is 0.717. The van der Waals surface area contributed by atoms with Gasteiger partial charge in [-0.15, -0.1) is 0 Å². The van der Waals surface area contributed by atoms with Gasteiger partial charge in [-0.3, -0.25) is 0 Å². The summed E-state index contributed by atoms with van der Waals surface area (Å²) >= 11 is 0. The predicted octanol–water partition coefficient (Wildman–Crippen LogP) is 4.56. The van der Waals surface area contributed by atoms with Crippen molar-refractivity contribution in [3.8, 4) is 0 Å². The Labute approximate surface area is 104 Å². The van der Waals surface area contributed by atoms with Gasteiger partial charge in [0.1, 0.15) is 0 Å². The van der Waals surface area contributed by atoms with Crippen LogP contribution in [0.1, 0.15) is 37.7 Å². The highest BCUT2D eigenvalue weighted by Crippen LogP contribution is 2.21. The van der Waals surface area contributed by atoms with E-state index in [2.05, 4.69) is 36.9 Å². The summed E-state index contributed by atoms with van der Waals surface area (Å²) in [6.07, 6.45) is 7.79. The van der Waals surface area contributed by atoms with E-state index >= 15 is 0 Å². The van der Waals surface area contributed by atoms with Crippen molar-refractivity contribution in [2.24, 2.45) is 0 Å². The predicted molar refractivity (Wildman–Crippen MR) is 72.6 cm³/mol. The fourth-order valence-electron chi connectivity index (χ4n) is 2.08. The van der Waals surface area contributed by atoms with E-state index in [4.69, 9.17) is 4.74 Å². The highest BCUT2D eigenvalue weighted by Gasteiger charge is 2.05. The molecule has 1 nitrogen and oxygen atoms in total. The summed E-state index contributed by atoms with van der Waals surface area (Å²) in [7, 11) is 0. The topological polar surface area (TPSA) is 9.23 Å². The van der Waals surface area contributed by atoms with Gasteiger partial charge in [0.25, 0.3) is 0 Å². The van der Waals surface area contributed by atoms with Crippen LogP contribution < -0.4 is 0 Å². The van der Waals surface area contributed by atoms with Gasteiger partial charge < -0.3 is 4.74 Å². The van der Waals surface area contributed by atoms with Crippen LogP contribution in [0.3, 0.4) is 0 Å². The van der Waals surface area contributed by atoms with E-state index in [9.17, 15) is 0 Å². The molecule has 0 aliphatic carbocycles. The molecule has 90 valence electrons.